The van der Waals surface area contributed by atoms with E-state index in [2.05, 4.69) is 13.8 Å². The van der Waals surface area contributed by atoms with Crippen LogP contribution in [0.25, 0.3) is 0 Å². The van der Waals surface area contributed by atoms with Gasteiger partial charge in [-0.1, -0.05) is 31.5 Å². The molecule has 0 amide bonds. The Bertz CT molecular complexity index is 327. The van der Waals surface area contributed by atoms with Crippen molar-refractivity contribution in [2.75, 3.05) is 6.54 Å². The second-order valence-corrected chi connectivity index (χ2v) is 4.57. The molecule has 15 heavy (non-hydrogen) atoms. The van der Waals surface area contributed by atoms with Crippen LogP contribution in [0.4, 0.5) is 4.39 Å². The zero-order valence-electron chi connectivity index (χ0n) is 9.13. The largest absolute Gasteiger partial charge is 0.330 e. The van der Waals surface area contributed by atoms with Gasteiger partial charge in [-0.25, -0.2) is 4.39 Å². The average Bonchev–Trinajstić information content (AvgIpc) is 2.20. The highest BCUT2D eigenvalue weighted by molar-refractivity contribution is 6.30. The Morgan fingerprint density at radius 1 is 1.33 bits per heavy atom. The number of hydrogen-bond donors (Lipinski definition) is 1. The molecule has 0 aromatic heterocycles. The predicted octanol–water partition coefficient (Wildman–Crippen LogP) is 3.25. The monoisotopic (exact) mass is 229 g/mol. The van der Waals surface area contributed by atoms with Gasteiger partial charge >= 0.3 is 0 Å². The van der Waals surface area contributed by atoms with Crippen molar-refractivity contribution in [3.05, 3.63) is 34.6 Å². The van der Waals surface area contributed by atoms with Gasteiger partial charge in [0.05, 0.1) is 0 Å². The molecule has 2 N–H and O–H groups in total. The standard InChI is InChI=1S/C12H17ClFN/c1-8(9(2)7-15)5-10-3-4-11(13)6-12(10)14/h3-4,6,8-9H,5,7,15H2,1-2H3. The first-order chi connectivity index (χ1) is 7.04. The van der Waals surface area contributed by atoms with Crippen LogP contribution < -0.4 is 5.73 Å². The first kappa shape index (κ1) is 12.5. The Kier molecular flexibility index (Phi) is 4.55. The molecule has 0 aliphatic heterocycles. The van der Waals surface area contributed by atoms with Gasteiger partial charge in [0.25, 0.3) is 0 Å². The van der Waals surface area contributed by atoms with E-state index in [4.69, 9.17) is 17.3 Å². The minimum Gasteiger partial charge on any atom is -0.330 e. The van der Waals surface area contributed by atoms with Gasteiger partial charge < -0.3 is 5.73 Å². The van der Waals surface area contributed by atoms with Crippen LogP contribution in [0.5, 0.6) is 0 Å². The van der Waals surface area contributed by atoms with Crippen molar-refractivity contribution in [2.24, 2.45) is 17.6 Å². The van der Waals surface area contributed by atoms with Gasteiger partial charge in [-0.3, -0.25) is 0 Å². The number of rotatable bonds is 4. The minimum atomic E-state index is -0.224. The Morgan fingerprint density at radius 3 is 2.53 bits per heavy atom. The Hall–Kier alpha value is -0.600. The second-order valence-electron chi connectivity index (χ2n) is 4.13. The molecule has 1 nitrogen and oxygen atoms in total. The predicted molar refractivity (Wildman–Crippen MR) is 62.5 cm³/mol. The molecule has 0 radical (unpaired) electrons. The van der Waals surface area contributed by atoms with Crippen LogP contribution in [0.3, 0.4) is 0 Å². The van der Waals surface area contributed by atoms with E-state index < -0.39 is 0 Å². The third-order valence-electron chi connectivity index (χ3n) is 2.90. The molecule has 0 bridgehead atoms. The third kappa shape index (κ3) is 3.47. The van der Waals surface area contributed by atoms with Gasteiger partial charge in [0, 0.05) is 5.02 Å². The van der Waals surface area contributed by atoms with Gasteiger partial charge in [0.2, 0.25) is 0 Å². The van der Waals surface area contributed by atoms with Gasteiger partial charge in [0.1, 0.15) is 5.82 Å². The number of hydrogen-bond acceptors (Lipinski definition) is 1. The van der Waals surface area contributed by atoms with Crippen molar-refractivity contribution in [3.8, 4) is 0 Å². The fraction of sp³-hybridized carbons (Fsp3) is 0.500. The van der Waals surface area contributed by atoms with Crippen LogP contribution in [-0.2, 0) is 6.42 Å². The number of halogens is 2. The molecule has 3 heteroatoms. The second kappa shape index (κ2) is 5.47. The summed E-state index contributed by atoms with van der Waals surface area (Å²) in [5.74, 6) is 0.560. The van der Waals surface area contributed by atoms with E-state index in [1.807, 2.05) is 0 Å². The number of benzene rings is 1. The molecule has 0 aliphatic carbocycles. The van der Waals surface area contributed by atoms with Crippen LogP contribution in [0.2, 0.25) is 5.02 Å². The van der Waals surface area contributed by atoms with Gasteiger partial charge in [0.15, 0.2) is 0 Å². The first-order valence-electron chi connectivity index (χ1n) is 5.18. The summed E-state index contributed by atoms with van der Waals surface area (Å²) in [6, 6.07) is 4.83. The van der Waals surface area contributed by atoms with Crippen LogP contribution >= 0.6 is 11.6 Å². The molecule has 0 saturated heterocycles. The van der Waals surface area contributed by atoms with E-state index in [-0.39, 0.29) is 5.82 Å². The molecule has 1 aromatic rings. The van der Waals surface area contributed by atoms with E-state index in [1.54, 1.807) is 12.1 Å². The summed E-state index contributed by atoms with van der Waals surface area (Å²) in [6.07, 6.45) is 0.710. The van der Waals surface area contributed by atoms with Crippen molar-refractivity contribution >= 4 is 11.6 Å². The Labute approximate surface area is 95.4 Å². The molecule has 0 fully saturated rings. The average molecular weight is 230 g/mol. The Balaban J connectivity index is 2.72. The molecule has 1 rings (SSSR count). The maximum atomic E-state index is 13.5. The van der Waals surface area contributed by atoms with Crippen LogP contribution in [0.1, 0.15) is 19.4 Å². The smallest absolute Gasteiger partial charge is 0.127 e. The summed E-state index contributed by atoms with van der Waals surface area (Å²) in [5, 5.41) is 0.441. The van der Waals surface area contributed by atoms with Crippen molar-refractivity contribution in [1.29, 1.82) is 0 Å². The topological polar surface area (TPSA) is 26.0 Å². The molecule has 2 unspecified atom stereocenters. The molecule has 0 heterocycles. The van der Waals surface area contributed by atoms with Crippen molar-refractivity contribution in [2.45, 2.75) is 20.3 Å². The lowest BCUT2D eigenvalue weighted by Crippen LogP contribution is -2.20. The summed E-state index contributed by atoms with van der Waals surface area (Å²) in [6.45, 7) is 4.81. The Morgan fingerprint density at radius 2 is 2.00 bits per heavy atom. The lowest BCUT2D eigenvalue weighted by atomic mass is 9.89. The highest BCUT2D eigenvalue weighted by Gasteiger charge is 2.13. The fourth-order valence-corrected chi connectivity index (χ4v) is 1.63. The SMILES string of the molecule is CC(CN)C(C)Cc1ccc(Cl)cc1F. The zero-order chi connectivity index (χ0) is 11.4. The van der Waals surface area contributed by atoms with E-state index in [1.165, 1.54) is 6.07 Å². The molecule has 2 atom stereocenters. The summed E-state index contributed by atoms with van der Waals surface area (Å²) in [4.78, 5) is 0. The van der Waals surface area contributed by atoms with E-state index >= 15 is 0 Å². The highest BCUT2D eigenvalue weighted by atomic mass is 35.5. The molecular formula is C12H17ClFN. The molecule has 0 aliphatic rings. The maximum absolute atomic E-state index is 13.5. The summed E-state index contributed by atoms with van der Waals surface area (Å²) >= 11 is 5.68. The van der Waals surface area contributed by atoms with Crippen molar-refractivity contribution in [1.82, 2.24) is 0 Å². The van der Waals surface area contributed by atoms with Crippen molar-refractivity contribution < 1.29 is 4.39 Å². The molecule has 0 saturated carbocycles. The molecule has 1 aromatic carbocycles. The molecule has 0 spiro atoms. The minimum absolute atomic E-state index is 0.224. The van der Waals surface area contributed by atoms with Crippen LogP contribution in [0, 0.1) is 17.7 Å². The van der Waals surface area contributed by atoms with E-state index in [9.17, 15) is 4.39 Å². The summed E-state index contributed by atoms with van der Waals surface area (Å²) in [7, 11) is 0. The van der Waals surface area contributed by atoms with Gasteiger partial charge in [-0.2, -0.15) is 0 Å². The highest BCUT2D eigenvalue weighted by Crippen LogP contribution is 2.20. The van der Waals surface area contributed by atoms with E-state index in [0.717, 1.165) is 0 Å². The summed E-state index contributed by atoms with van der Waals surface area (Å²) in [5.41, 5.74) is 6.29. The van der Waals surface area contributed by atoms with Gasteiger partial charge in [-0.05, 0) is 42.5 Å². The lowest BCUT2D eigenvalue weighted by molar-refractivity contribution is 0.389. The number of nitrogens with two attached hydrogens (primary N) is 1. The third-order valence-corrected chi connectivity index (χ3v) is 3.14. The quantitative estimate of drug-likeness (QED) is 0.843. The van der Waals surface area contributed by atoms with Crippen LogP contribution in [0.15, 0.2) is 18.2 Å². The maximum Gasteiger partial charge on any atom is 0.127 e. The lowest BCUT2D eigenvalue weighted by Gasteiger charge is -2.18. The van der Waals surface area contributed by atoms with Gasteiger partial charge in [-0.15, -0.1) is 0 Å². The van der Waals surface area contributed by atoms with E-state index in [0.29, 0.717) is 35.4 Å². The fourth-order valence-electron chi connectivity index (χ4n) is 1.47. The first-order valence-corrected chi connectivity index (χ1v) is 5.56. The summed E-state index contributed by atoms with van der Waals surface area (Å²) < 4.78 is 13.5. The molecule has 84 valence electrons. The normalized spacial score (nSPS) is 15.0. The molecular weight excluding hydrogens is 213 g/mol. The zero-order valence-corrected chi connectivity index (χ0v) is 9.89. The van der Waals surface area contributed by atoms with Crippen molar-refractivity contribution in [3.63, 3.8) is 0 Å². The van der Waals surface area contributed by atoms with Crippen LogP contribution in [-0.4, -0.2) is 6.54 Å².